The summed E-state index contributed by atoms with van der Waals surface area (Å²) in [5.74, 6) is -1.39. The van der Waals surface area contributed by atoms with Crippen LogP contribution in [0.2, 0.25) is 0 Å². The fraction of sp³-hybridized carbons (Fsp3) is 0.231. The fourth-order valence-electron chi connectivity index (χ4n) is 1.91. The number of carboxylic acids is 1. The number of hydrogen-bond acceptors (Lipinski definition) is 2. The Morgan fingerprint density at radius 2 is 2.11 bits per heavy atom. The van der Waals surface area contributed by atoms with Crippen molar-refractivity contribution in [3.05, 3.63) is 36.0 Å². The summed E-state index contributed by atoms with van der Waals surface area (Å²) in [6.07, 6.45) is 0.240. The third kappa shape index (κ3) is 2.68. The van der Waals surface area contributed by atoms with Crippen LogP contribution in [0.15, 0.2) is 30.3 Å². The van der Waals surface area contributed by atoms with Crippen molar-refractivity contribution in [2.24, 2.45) is 0 Å². The minimum absolute atomic E-state index is 0.240. The molecule has 0 radical (unpaired) electrons. The van der Waals surface area contributed by atoms with E-state index in [4.69, 9.17) is 5.11 Å². The number of aliphatic carboxylic acids is 1. The highest BCUT2D eigenvalue weighted by molar-refractivity contribution is 5.83. The highest BCUT2D eigenvalue weighted by atomic mass is 16.4. The largest absolute Gasteiger partial charge is 0.480 e. The molecule has 18 heavy (non-hydrogen) atoms. The van der Waals surface area contributed by atoms with Gasteiger partial charge in [-0.15, -0.1) is 0 Å². The summed E-state index contributed by atoms with van der Waals surface area (Å²) in [6, 6.07) is 8.69. The molecule has 3 N–H and O–H groups in total. The van der Waals surface area contributed by atoms with Crippen molar-refractivity contribution < 1.29 is 14.7 Å². The molecule has 0 spiro atoms. The van der Waals surface area contributed by atoms with Gasteiger partial charge in [-0.1, -0.05) is 18.2 Å². The van der Waals surface area contributed by atoms with Crippen LogP contribution in [0.3, 0.4) is 0 Å². The number of amides is 1. The standard InChI is InChI=1S/C13H14N2O3/c1-8(16)14-12(13(17)18)7-10-6-9-4-2-3-5-11(9)15-10/h2-6,12,15H,7H2,1H3,(H,14,16)(H,17,18)/t12-/m1/s1. The van der Waals surface area contributed by atoms with E-state index in [0.717, 1.165) is 16.6 Å². The maximum absolute atomic E-state index is 11.0. The molecule has 1 heterocycles. The smallest absolute Gasteiger partial charge is 0.326 e. The van der Waals surface area contributed by atoms with Crippen molar-refractivity contribution >= 4 is 22.8 Å². The lowest BCUT2D eigenvalue weighted by Crippen LogP contribution is -2.41. The van der Waals surface area contributed by atoms with Gasteiger partial charge in [-0.3, -0.25) is 4.79 Å². The Labute approximate surface area is 104 Å². The molecule has 0 saturated heterocycles. The molecule has 0 fully saturated rings. The molecule has 0 bridgehead atoms. The van der Waals surface area contributed by atoms with Gasteiger partial charge in [0.2, 0.25) is 5.91 Å². The number of aromatic nitrogens is 1. The molecule has 94 valence electrons. The monoisotopic (exact) mass is 246 g/mol. The fourth-order valence-corrected chi connectivity index (χ4v) is 1.91. The maximum Gasteiger partial charge on any atom is 0.326 e. The zero-order valence-corrected chi connectivity index (χ0v) is 9.93. The van der Waals surface area contributed by atoms with Crippen LogP contribution in [0.25, 0.3) is 10.9 Å². The third-order valence-corrected chi connectivity index (χ3v) is 2.69. The lowest BCUT2D eigenvalue weighted by molar-refractivity contribution is -0.141. The van der Waals surface area contributed by atoms with Crippen LogP contribution in [0, 0.1) is 0 Å². The summed E-state index contributed by atoms with van der Waals surface area (Å²) in [5, 5.41) is 12.5. The van der Waals surface area contributed by atoms with E-state index in [1.54, 1.807) is 0 Å². The van der Waals surface area contributed by atoms with Gasteiger partial charge in [0.15, 0.2) is 0 Å². The number of hydrogen-bond donors (Lipinski definition) is 3. The number of carboxylic acid groups (broad SMARTS) is 1. The van der Waals surface area contributed by atoms with Gasteiger partial charge in [0.1, 0.15) is 6.04 Å². The van der Waals surface area contributed by atoms with Gasteiger partial charge >= 0.3 is 5.97 Å². The number of fused-ring (bicyclic) bond motifs is 1. The van der Waals surface area contributed by atoms with Crippen molar-refractivity contribution in [1.82, 2.24) is 10.3 Å². The quantitative estimate of drug-likeness (QED) is 0.760. The Morgan fingerprint density at radius 3 is 2.72 bits per heavy atom. The summed E-state index contributed by atoms with van der Waals surface area (Å²) < 4.78 is 0. The van der Waals surface area contributed by atoms with Crippen LogP contribution in [-0.4, -0.2) is 28.0 Å². The maximum atomic E-state index is 11.0. The van der Waals surface area contributed by atoms with Crippen LogP contribution < -0.4 is 5.32 Å². The molecular weight excluding hydrogens is 232 g/mol. The molecule has 0 aliphatic rings. The Bertz CT molecular complexity index is 556. The summed E-state index contributed by atoms with van der Waals surface area (Å²) in [7, 11) is 0. The second kappa shape index (κ2) is 4.91. The van der Waals surface area contributed by atoms with E-state index in [0.29, 0.717) is 0 Å². The highest BCUT2D eigenvalue weighted by Gasteiger charge is 2.19. The average Bonchev–Trinajstić information content (AvgIpc) is 2.69. The number of carbonyl (C=O) groups excluding carboxylic acids is 1. The number of aromatic amines is 1. The van der Waals surface area contributed by atoms with Crippen LogP contribution in [0.1, 0.15) is 12.6 Å². The molecule has 0 aliphatic heterocycles. The van der Waals surface area contributed by atoms with E-state index < -0.39 is 12.0 Å². The normalized spacial score (nSPS) is 12.3. The van der Waals surface area contributed by atoms with Crippen LogP contribution >= 0.6 is 0 Å². The first kappa shape index (κ1) is 12.2. The summed E-state index contributed by atoms with van der Waals surface area (Å²) in [5.41, 5.74) is 1.75. The van der Waals surface area contributed by atoms with E-state index in [9.17, 15) is 9.59 Å². The second-order valence-electron chi connectivity index (χ2n) is 4.18. The van der Waals surface area contributed by atoms with Crippen molar-refractivity contribution in [3.63, 3.8) is 0 Å². The molecule has 2 rings (SSSR count). The number of nitrogens with one attached hydrogen (secondary N) is 2. The molecule has 1 aromatic carbocycles. The first-order valence-electron chi connectivity index (χ1n) is 5.63. The van der Waals surface area contributed by atoms with Crippen molar-refractivity contribution in [3.8, 4) is 0 Å². The van der Waals surface area contributed by atoms with Gasteiger partial charge in [-0.05, 0) is 17.5 Å². The minimum Gasteiger partial charge on any atom is -0.480 e. The van der Waals surface area contributed by atoms with E-state index in [1.165, 1.54) is 6.92 Å². The SMILES string of the molecule is CC(=O)N[C@H](Cc1cc2ccccc2[nH]1)C(=O)O. The van der Waals surface area contributed by atoms with Gasteiger partial charge in [0, 0.05) is 24.6 Å². The zero-order chi connectivity index (χ0) is 13.1. The summed E-state index contributed by atoms with van der Waals surface area (Å²) >= 11 is 0. The number of para-hydroxylation sites is 1. The molecule has 0 unspecified atom stereocenters. The van der Waals surface area contributed by atoms with Crippen LogP contribution in [0.5, 0.6) is 0 Å². The Kier molecular flexibility index (Phi) is 3.32. The lowest BCUT2D eigenvalue weighted by Gasteiger charge is -2.11. The van der Waals surface area contributed by atoms with Gasteiger partial charge < -0.3 is 15.4 Å². The second-order valence-corrected chi connectivity index (χ2v) is 4.18. The number of rotatable bonds is 4. The predicted molar refractivity (Wildman–Crippen MR) is 67.2 cm³/mol. The van der Waals surface area contributed by atoms with Gasteiger partial charge in [-0.2, -0.15) is 0 Å². The summed E-state index contributed by atoms with van der Waals surface area (Å²) in [6.45, 7) is 1.31. The molecule has 1 aromatic heterocycles. The van der Waals surface area contributed by atoms with E-state index in [2.05, 4.69) is 10.3 Å². The Morgan fingerprint density at radius 1 is 1.39 bits per heavy atom. The lowest BCUT2D eigenvalue weighted by atomic mass is 10.1. The molecule has 1 atom stereocenters. The molecule has 5 heteroatoms. The highest BCUT2D eigenvalue weighted by Crippen LogP contribution is 2.15. The van der Waals surface area contributed by atoms with Gasteiger partial charge in [-0.25, -0.2) is 4.79 Å². The molecule has 5 nitrogen and oxygen atoms in total. The third-order valence-electron chi connectivity index (χ3n) is 2.69. The molecule has 0 saturated carbocycles. The number of H-pyrrole nitrogens is 1. The number of carbonyl (C=O) groups is 2. The first-order chi connectivity index (χ1) is 8.56. The van der Waals surface area contributed by atoms with Crippen LogP contribution in [0.4, 0.5) is 0 Å². The molecule has 1 amide bonds. The van der Waals surface area contributed by atoms with Crippen molar-refractivity contribution in [1.29, 1.82) is 0 Å². The summed E-state index contributed by atoms with van der Waals surface area (Å²) in [4.78, 5) is 25.1. The van der Waals surface area contributed by atoms with Crippen molar-refractivity contribution in [2.45, 2.75) is 19.4 Å². The molecular formula is C13H14N2O3. The average molecular weight is 246 g/mol. The van der Waals surface area contributed by atoms with Crippen LogP contribution in [-0.2, 0) is 16.0 Å². The van der Waals surface area contributed by atoms with Gasteiger partial charge in [0.05, 0.1) is 0 Å². The van der Waals surface area contributed by atoms with E-state index in [1.807, 2.05) is 30.3 Å². The van der Waals surface area contributed by atoms with E-state index in [-0.39, 0.29) is 12.3 Å². The predicted octanol–water partition coefficient (Wildman–Crippen LogP) is 1.30. The number of benzene rings is 1. The molecule has 2 aromatic rings. The Balaban J connectivity index is 2.20. The van der Waals surface area contributed by atoms with Gasteiger partial charge in [0.25, 0.3) is 0 Å². The van der Waals surface area contributed by atoms with E-state index >= 15 is 0 Å². The molecule has 0 aliphatic carbocycles. The van der Waals surface area contributed by atoms with Crippen molar-refractivity contribution in [2.75, 3.05) is 0 Å². The Hall–Kier alpha value is -2.30. The first-order valence-corrected chi connectivity index (χ1v) is 5.63. The topological polar surface area (TPSA) is 82.2 Å². The zero-order valence-electron chi connectivity index (χ0n) is 9.93. The minimum atomic E-state index is -1.04.